The zero-order valence-electron chi connectivity index (χ0n) is 15.2. The molecule has 1 aromatic carbocycles. The fourth-order valence-electron chi connectivity index (χ4n) is 3.21. The van der Waals surface area contributed by atoms with Gasteiger partial charge in [0.1, 0.15) is 11.9 Å². The summed E-state index contributed by atoms with van der Waals surface area (Å²) in [5.74, 6) is 0.663. The Morgan fingerprint density at radius 3 is 2.61 bits per heavy atom. The van der Waals surface area contributed by atoms with Crippen LogP contribution >= 0.6 is 0 Å². The van der Waals surface area contributed by atoms with Gasteiger partial charge in [0.05, 0.1) is 6.42 Å². The molecule has 8 heteroatoms. The van der Waals surface area contributed by atoms with Gasteiger partial charge in [-0.25, -0.2) is 9.07 Å². The fraction of sp³-hybridized carbons (Fsp3) is 0.300. The average molecular weight is 381 g/mol. The highest BCUT2D eigenvalue weighted by molar-refractivity contribution is 5.78. The maximum atomic E-state index is 13.7. The number of halogens is 1. The van der Waals surface area contributed by atoms with Crippen LogP contribution in [0.5, 0.6) is 5.88 Å². The zero-order chi connectivity index (χ0) is 19.3. The molecule has 0 bridgehead atoms. The predicted octanol–water partition coefficient (Wildman–Crippen LogP) is 2.41. The van der Waals surface area contributed by atoms with Crippen LogP contribution in [0.1, 0.15) is 18.4 Å². The maximum Gasteiger partial charge on any atom is 0.233 e. The van der Waals surface area contributed by atoms with Gasteiger partial charge in [-0.05, 0) is 23.8 Å². The summed E-state index contributed by atoms with van der Waals surface area (Å²) in [4.78, 5) is 14.2. The molecule has 0 unspecified atom stereocenters. The number of amides is 1. The normalized spacial score (nSPS) is 14.8. The monoisotopic (exact) mass is 381 g/mol. The number of aromatic nitrogens is 4. The highest BCUT2D eigenvalue weighted by atomic mass is 19.1. The molecule has 1 aliphatic rings. The molecule has 4 rings (SSSR count). The summed E-state index contributed by atoms with van der Waals surface area (Å²) in [5, 5.41) is 12.3. The minimum absolute atomic E-state index is 0.0256. The Morgan fingerprint density at radius 1 is 1.11 bits per heavy atom. The van der Waals surface area contributed by atoms with Gasteiger partial charge in [-0.1, -0.05) is 18.2 Å². The Hall–Kier alpha value is -3.29. The minimum atomic E-state index is -0.341. The largest absolute Gasteiger partial charge is 0.473 e. The number of hydrogen-bond acceptors (Lipinski definition) is 5. The summed E-state index contributed by atoms with van der Waals surface area (Å²) in [5.41, 5.74) is 0.429. The number of nitrogens with zero attached hydrogens (tertiary/aromatic N) is 5. The van der Waals surface area contributed by atoms with Crippen LogP contribution in [0.4, 0.5) is 4.39 Å². The van der Waals surface area contributed by atoms with Gasteiger partial charge in [-0.15, -0.1) is 10.2 Å². The number of carbonyl (C=O) groups excluding carboxylic acids is 1. The molecule has 0 N–H and O–H groups in total. The van der Waals surface area contributed by atoms with Gasteiger partial charge in [-0.2, -0.15) is 5.10 Å². The number of hydrogen-bond donors (Lipinski definition) is 0. The first-order valence-corrected chi connectivity index (χ1v) is 9.20. The topological polar surface area (TPSA) is 73.1 Å². The molecule has 2 aromatic heterocycles. The second kappa shape index (κ2) is 8.16. The van der Waals surface area contributed by atoms with E-state index in [1.54, 1.807) is 52.3 Å². The number of likely N-dealkylation sites (tertiary alicyclic amines) is 1. The standard InChI is InChI=1S/C20H20FN5O2/c21-17-5-2-1-4-15(17)14-20(27)25-12-8-16(9-13-25)28-19-7-6-18(23-24-19)26-11-3-10-22-26/h1-7,10-11,16H,8-9,12-14H2. The summed E-state index contributed by atoms with van der Waals surface area (Å²) in [6.45, 7) is 1.16. The Morgan fingerprint density at radius 2 is 1.93 bits per heavy atom. The molecule has 144 valence electrons. The smallest absolute Gasteiger partial charge is 0.233 e. The van der Waals surface area contributed by atoms with Crippen molar-refractivity contribution >= 4 is 5.91 Å². The van der Waals surface area contributed by atoms with Gasteiger partial charge in [0.25, 0.3) is 0 Å². The van der Waals surface area contributed by atoms with Crippen molar-refractivity contribution in [2.45, 2.75) is 25.4 Å². The lowest BCUT2D eigenvalue weighted by Gasteiger charge is -2.32. The third-order valence-electron chi connectivity index (χ3n) is 4.75. The zero-order valence-corrected chi connectivity index (χ0v) is 15.2. The summed E-state index contributed by atoms with van der Waals surface area (Å²) in [7, 11) is 0. The molecular formula is C20H20FN5O2. The van der Waals surface area contributed by atoms with Crippen molar-refractivity contribution in [2.24, 2.45) is 0 Å². The predicted molar refractivity (Wildman–Crippen MR) is 99.5 cm³/mol. The van der Waals surface area contributed by atoms with Crippen LogP contribution in [-0.2, 0) is 11.2 Å². The van der Waals surface area contributed by atoms with Gasteiger partial charge in [0.15, 0.2) is 5.82 Å². The molecule has 3 heterocycles. The molecule has 7 nitrogen and oxygen atoms in total. The lowest BCUT2D eigenvalue weighted by Crippen LogP contribution is -2.42. The van der Waals surface area contributed by atoms with Crippen LogP contribution in [0.2, 0.25) is 0 Å². The van der Waals surface area contributed by atoms with Gasteiger partial charge >= 0.3 is 0 Å². The van der Waals surface area contributed by atoms with Crippen LogP contribution in [0.25, 0.3) is 5.82 Å². The van der Waals surface area contributed by atoms with E-state index in [0.717, 1.165) is 0 Å². The highest BCUT2D eigenvalue weighted by Gasteiger charge is 2.24. The van der Waals surface area contributed by atoms with E-state index in [4.69, 9.17) is 4.74 Å². The summed E-state index contributed by atoms with van der Waals surface area (Å²) in [6, 6.07) is 11.8. The Kier molecular flexibility index (Phi) is 5.27. The minimum Gasteiger partial charge on any atom is -0.473 e. The van der Waals surface area contributed by atoms with E-state index in [1.807, 2.05) is 6.07 Å². The van der Waals surface area contributed by atoms with E-state index in [2.05, 4.69) is 15.3 Å². The number of piperidine rings is 1. The maximum absolute atomic E-state index is 13.7. The van der Waals surface area contributed by atoms with Crippen LogP contribution < -0.4 is 4.74 Å². The molecule has 1 fully saturated rings. The molecular weight excluding hydrogens is 361 g/mol. The molecule has 0 saturated carbocycles. The quantitative estimate of drug-likeness (QED) is 0.679. The molecule has 0 radical (unpaired) electrons. The first-order valence-electron chi connectivity index (χ1n) is 9.20. The first kappa shape index (κ1) is 18.1. The lowest BCUT2D eigenvalue weighted by atomic mass is 10.1. The molecule has 0 atom stereocenters. The van der Waals surface area contributed by atoms with Gasteiger partial charge < -0.3 is 9.64 Å². The molecule has 1 saturated heterocycles. The third kappa shape index (κ3) is 4.16. The van der Waals surface area contributed by atoms with E-state index in [0.29, 0.717) is 43.2 Å². The number of benzene rings is 1. The van der Waals surface area contributed by atoms with E-state index in [1.165, 1.54) is 6.07 Å². The Balaban J connectivity index is 1.28. The van der Waals surface area contributed by atoms with E-state index in [9.17, 15) is 9.18 Å². The second-order valence-electron chi connectivity index (χ2n) is 6.65. The van der Waals surface area contributed by atoms with Crippen molar-refractivity contribution in [1.29, 1.82) is 0 Å². The molecule has 28 heavy (non-hydrogen) atoms. The summed E-state index contributed by atoms with van der Waals surface area (Å²) >= 11 is 0. The Bertz CT molecular complexity index is 922. The van der Waals surface area contributed by atoms with E-state index < -0.39 is 0 Å². The van der Waals surface area contributed by atoms with E-state index in [-0.39, 0.29) is 24.2 Å². The number of carbonyl (C=O) groups is 1. The van der Waals surface area contributed by atoms with Crippen LogP contribution in [-0.4, -0.2) is 50.0 Å². The Labute approximate surface area is 161 Å². The SMILES string of the molecule is O=C(Cc1ccccc1F)N1CCC(Oc2ccc(-n3cccn3)nn2)CC1. The van der Waals surface area contributed by atoms with Crippen molar-refractivity contribution in [3.05, 3.63) is 66.2 Å². The van der Waals surface area contributed by atoms with Crippen molar-refractivity contribution in [1.82, 2.24) is 24.9 Å². The van der Waals surface area contributed by atoms with Gasteiger partial charge in [-0.3, -0.25) is 4.79 Å². The summed E-state index contributed by atoms with van der Waals surface area (Å²) < 4.78 is 21.2. The number of rotatable bonds is 5. The molecule has 3 aromatic rings. The molecule has 0 spiro atoms. The molecule has 1 aliphatic heterocycles. The third-order valence-corrected chi connectivity index (χ3v) is 4.75. The highest BCUT2D eigenvalue weighted by Crippen LogP contribution is 2.18. The lowest BCUT2D eigenvalue weighted by molar-refractivity contribution is -0.132. The van der Waals surface area contributed by atoms with Gasteiger partial charge in [0, 0.05) is 44.4 Å². The number of ether oxygens (including phenoxy) is 1. The van der Waals surface area contributed by atoms with Crippen molar-refractivity contribution in [3.63, 3.8) is 0 Å². The van der Waals surface area contributed by atoms with E-state index >= 15 is 0 Å². The van der Waals surface area contributed by atoms with Crippen molar-refractivity contribution < 1.29 is 13.9 Å². The van der Waals surface area contributed by atoms with Crippen LogP contribution in [0.15, 0.2) is 54.9 Å². The average Bonchev–Trinajstić information content (AvgIpc) is 3.26. The van der Waals surface area contributed by atoms with Crippen LogP contribution in [0, 0.1) is 5.82 Å². The van der Waals surface area contributed by atoms with Crippen molar-refractivity contribution in [3.8, 4) is 11.7 Å². The van der Waals surface area contributed by atoms with Crippen molar-refractivity contribution in [2.75, 3.05) is 13.1 Å². The van der Waals surface area contributed by atoms with Crippen LogP contribution in [0.3, 0.4) is 0 Å². The van der Waals surface area contributed by atoms with Gasteiger partial charge in [0.2, 0.25) is 11.8 Å². The fourth-order valence-corrected chi connectivity index (χ4v) is 3.21. The molecule has 1 amide bonds. The second-order valence-corrected chi connectivity index (χ2v) is 6.65. The first-order chi connectivity index (χ1) is 13.7. The summed E-state index contributed by atoms with van der Waals surface area (Å²) in [6.07, 6.45) is 4.92. The molecule has 0 aliphatic carbocycles.